The van der Waals surface area contributed by atoms with Gasteiger partial charge in [-0.2, -0.15) is 0 Å². The van der Waals surface area contributed by atoms with Gasteiger partial charge in [-0.05, 0) is 25.1 Å². The number of nitro benzene ring substituents is 1. The maximum atomic E-state index is 11.3. The lowest BCUT2D eigenvalue weighted by molar-refractivity contribution is -0.385. The van der Waals surface area contributed by atoms with Gasteiger partial charge in [0.25, 0.3) is 5.69 Å². The number of nitrogens with zero attached hydrogens (tertiary/aromatic N) is 1. The Balaban J connectivity index is 1.85. The highest BCUT2D eigenvalue weighted by molar-refractivity contribution is 7.99. The molecule has 4 N–H and O–H groups in total. The Kier molecular flexibility index (Phi) is 5.98. The molecule has 2 aromatic rings. The second kappa shape index (κ2) is 8.24. The predicted octanol–water partition coefficient (Wildman–Crippen LogP) is 1.99. The fourth-order valence-corrected chi connectivity index (χ4v) is 3.72. The van der Waals surface area contributed by atoms with Crippen molar-refractivity contribution in [1.29, 1.82) is 0 Å². The van der Waals surface area contributed by atoms with E-state index in [1.54, 1.807) is 13.0 Å². The summed E-state index contributed by atoms with van der Waals surface area (Å²) in [6, 6.07) is 13.9. The number of nitro groups is 1. The molecule has 144 valence electrons. The van der Waals surface area contributed by atoms with Crippen molar-refractivity contribution in [2.75, 3.05) is 5.32 Å². The van der Waals surface area contributed by atoms with Gasteiger partial charge in [0.05, 0.1) is 11.0 Å². The van der Waals surface area contributed by atoms with Gasteiger partial charge in [-0.1, -0.05) is 30.0 Å². The molecule has 0 aliphatic carbocycles. The minimum absolute atomic E-state index is 0.114. The van der Waals surface area contributed by atoms with Crippen LogP contribution in [0, 0.1) is 10.1 Å². The Morgan fingerprint density at radius 1 is 1.04 bits per heavy atom. The summed E-state index contributed by atoms with van der Waals surface area (Å²) in [6.07, 6.45) is -5.72. The van der Waals surface area contributed by atoms with Crippen molar-refractivity contribution < 1.29 is 25.0 Å². The largest absolute Gasteiger partial charge is 0.388 e. The molecule has 1 aliphatic rings. The highest BCUT2D eigenvalue weighted by atomic mass is 32.2. The number of anilines is 1. The molecule has 1 saturated heterocycles. The molecule has 1 heterocycles. The van der Waals surface area contributed by atoms with Gasteiger partial charge in [0, 0.05) is 27.6 Å². The molecule has 0 radical (unpaired) electrons. The zero-order chi connectivity index (χ0) is 19.6. The quantitative estimate of drug-likeness (QED) is 0.450. The van der Waals surface area contributed by atoms with Crippen LogP contribution < -0.4 is 5.32 Å². The Labute approximate surface area is 159 Å². The Bertz CT molecular complexity index is 806. The molecule has 3 rings (SSSR count). The third-order valence-corrected chi connectivity index (χ3v) is 5.22. The smallest absolute Gasteiger partial charge is 0.272 e. The van der Waals surface area contributed by atoms with Crippen molar-refractivity contribution in [3.8, 4) is 0 Å². The van der Waals surface area contributed by atoms with Crippen LogP contribution in [0.1, 0.15) is 6.92 Å². The standard InChI is InChI=1S/C18H20N2O6S/c1-10-15(21)16(22)17(23)18(26-10)19-11-7-12(20(24)25)9-14(8-11)27-13-5-3-2-4-6-13/h2-10,15-19,21-23H,1H3/t10-,15-,16-,17-,18+/m0/s1. The van der Waals surface area contributed by atoms with E-state index in [1.807, 2.05) is 30.3 Å². The Morgan fingerprint density at radius 3 is 2.41 bits per heavy atom. The summed E-state index contributed by atoms with van der Waals surface area (Å²) in [5.74, 6) is 0. The number of aliphatic hydroxyl groups excluding tert-OH is 3. The lowest BCUT2D eigenvalue weighted by Gasteiger charge is -2.39. The van der Waals surface area contributed by atoms with E-state index in [2.05, 4.69) is 5.32 Å². The molecule has 0 bridgehead atoms. The van der Waals surface area contributed by atoms with Gasteiger partial charge in [-0.3, -0.25) is 10.1 Å². The summed E-state index contributed by atoms with van der Waals surface area (Å²) in [4.78, 5) is 12.3. The topological polar surface area (TPSA) is 125 Å². The third kappa shape index (κ3) is 4.57. The van der Waals surface area contributed by atoms with E-state index in [9.17, 15) is 25.4 Å². The average Bonchev–Trinajstić information content (AvgIpc) is 2.65. The Hall–Kier alpha value is -2.17. The molecule has 8 nitrogen and oxygen atoms in total. The monoisotopic (exact) mass is 392 g/mol. The van der Waals surface area contributed by atoms with Gasteiger partial charge in [0.1, 0.15) is 18.3 Å². The average molecular weight is 392 g/mol. The Morgan fingerprint density at radius 2 is 1.74 bits per heavy atom. The van der Waals surface area contributed by atoms with E-state index in [4.69, 9.17) is 4.74 Å². The van der Waals surface area contributed by atoms with Crippen molar-refractivity contribution in [2.45, 2.75) is 47.4 Å². The highest BCUT2D eigenvalue weighted by Crippen LogP contribution is 2.33. The molecule has 0 spiro atoms. The second-order valence-corrected chi connectivity index (χ2v) is 7.41. The van der Waals surface area contributed by atoms with Crippen LogP contribution in [0.25, 0.3) is 0 Å². The van der Waals surface area contributed by atoms with Crippen LogP contribution in [-0.2, 0) is 4.74 Å². The van der Waals surface area contributed by atoms with E-state index in [0.717, 1.165) is 4.90 Å². The molecule has 0 unspecified atom stereocenters. The summed E-state index contributed by atoms with van der Waals surface area (Å²) in [5, 5.41) is 44.0. The van der Waals surface area contributed by atoms with Crippen LogP contribution in [0.2, 0.25) is 0 Å². The predicted molar refractivity (Wildman–Crippen MR) is 99.6 cm³/mol. The van der Waals surface area contributed by atoms with Crippen molar-refractivity contribution in [1.82, 2.24) is 0 Å². The number of nitrogens with one attached hydrogen (secondary N) is 1. The second-order valence-electron chi connectivity index (χ2n) is 6.27. The van der Waals surface area contributed by atoms with Crippen molar-refractivity contribution in [3.63, 3.8) is 0 Å². The van der Waals surface area contributed by atoms with E-state index in [-0.39, 0.29) is 5.69 Å². The minimum Gasteiger partial charge on any atom is -0.388 e. The number of hydrogen-bond acceptors (Lipinski definition) is 8. The van der Waals surface area contributed by atoms with Crippen LogP contribution in [0.3, 0.4) is 0 Å². The van der Waals surface area contributed by atoms with E-state index >= 15 is 0 Å². The first-order chi connectivity index (χ1) is 12.8. The van der Waals surface area contributed by atoms with Gasteiger partial charge >= 0.3 is 0 Å². The van der Waals surface area contributed by atoms with Crippen LogP contribution in [0.5, 0.6) is 0 Å². The van der Waals surface area contributed by atoms with Crippen molar-refractivity contribution in [3.05, 3.63) is 58.6 Å². The fourth-order valence-electron chi connectivity index (χ4n) is 2.79. The summed E-state index contributed by atoms with van der Waals surface area (Å²) in [5.41, 5.74) is 0.250. The molecular weight excluding hydrogens is 372 g/mol. The molecule has 27 heavy (non-hydrogen) atoms. The maximum absolute atomic E-state index is 11.3. The van der Waals surface area contributed by atoms with Crippen molar-refractivity contribution in [2.24, 2.45) is 0 Å². The molecule has 0 aromatic heterocycles. The first-order valence-electron chi connectivity index (χ1n) is 8.34. The fraction of sp³-hybridized carbons (Fsp3) is 0.333. The first kappa shape index (κ1) is 19.6. The molecule has 0 amide bonds. The number of non-ortho nitro benzene ring substituents is 1. The molecule has 0 saturated carbocycles. The lowest BCUT2D eigenvalue weighted by atomic mass is 9.99. The number of ether oxygens (including phenoxy) is 1. The molecule has 1 aliphatic heterocycles. The molecular formula is C18H20N2O6S. The summed E-state index contributed by atoms with van der Waals surface area (Å²) in [7, 11) is 0. The van der Waals surface area contributed by atoms with Crippen LogP contribution >= 0.6 is 11.8 Å². The van der Waals surface area contributed by atoms with E-state index < -0.39 is 35.6 Å². The molecule has 1 fully saturated rings. The molecule has 2 aromatic carbocycles. The van der Waals surface area contributed by atoms with Gasteiger partial charge in [0.2, 0.25) is 0 Å². The minimum atomic E-state index is -1.39. The molecule has 9 heteroatoms. The maximum Gasteiger partial charge on any atom is 0.272 e. The summed E-state index contributed by atoms with van der Waals surface area (Å²) >= 11 is 1.36. The normalized spacial score (nSPS) is 27.9. The summed E-state index contributed by atoms with van der Waals surface area (Å²) < 4.78 is 5.50. The van der Waals surface area contributed by atoms with Gasteiger partial charge in [-0.15, -0.1) is 0 Å². The lowest BCUT2D eigenvalue weighted by Crippen LogP contribution is -2.58. The zero-order valence-electron chi connectivity index (χ0n) is 14.4. The first-order valence-corrected chi connectivity index (χ1v) is 9.15. The zero-order valence-corrected chi connectivity index (χ0v) is 15.2. The SMILES string of the molecule is C[C@@H]1O[C@@H](Nc2cc(Sc3ccccc3)cc([N+](=O)[O-])c2)[C@@H](O)[C@@H](O)[C@H]1O. The van der Waals surface area contributed by atoms with Crippen LogP contribution in [-0.4, -0.2) is 50.9 Å². The van der Waals surface area contributed by atoms with Gasteiger partial charge in [-0.25, -0.2) is 0 Å². The van der Waals surface area contributed by atoms with Gasteiger partial charge < -0.3 is 25.4 Å². The van der Waals surface area contributed by atoms with E-state index in [1.165, 1.54) is 23.9 Å². The third-order valence-electron chi connectivity index (χ3n) is 4.24. The number of aliphatic hydroxyl groups is 3. The number of hydrogen-bond donors (Lipinski definition) is 4. The van der Waals surface area contributed by atoms with Gasteiger partial charge in [0.15, 0.2) is 6.23 Å². The van der Waals surface area contributed by atoms with Crippen LogP contribution in [0.15, 0.2) is 58.3 Å². The van der Waals surface area contributed by atoms with Crippen molar-refractivity contribution >= 4 is 23.1 Å². The summed E-state index contributed by atoms with van der Waals surface area (Å²) in [6.45, 7) is 1.57. The van der Waals surface area contributed by atoms with Crippen LogP contribution in [0.4, 0.5) is 11.4 Å². The molecule has 5 atom stereocenters. The highest BCUT2D eigenvalue weighted by Gasteiger charge is 2.41. The number of benzene rings is 2. The number of rotatable bonds is 5. The van der Waals surface area contributed by atoms with E-state index in [0.29, 0.717) is 10.6 Å².